The van der Waals surface area contributed by atoms with Gasteiger partial charge in [0.15, 0.2) is 0 Å². The largest absolute Gasteiger partial charge is 0.497 e. The predicted octanol–water partition coefficient (Wildman–Crippen LogP) is 4.79. The van der Waals surface area contributed by atoms with Crippen molar-refractivity contribution in [2.24, 2.45) is 0 Å². The molecule has 0 fully saturated rings. The Labute approximate surface area is 152 Å². The molecule has 0 aromatic heterocycles. The average molecular weight is 349 g/mol. The number of benzene rings is 3. The molecule has 0 spiro atoms. The number of nitro benzene ring substituents is 1. The first-order chi connectivity index (χ1) is 12.6. The number of hydrogen-bond donors (Lipinski definition) is 0. The molecule has 0 amide bonds. The molecule has 0 heterocycles. The highest BCUT2D eigenvalue weighted by Crippen LogP contribution is 2.34. The molecule has 0 bridgehead atoms. The molecular weight excluding hydrogens is 330 g/mol. The fourth-order valence-corrected chi connectivity index (χ4v) is 2.96. The summed E-state index contributed by atoms with van der Waals surface area (Å²) in [6.45, 7) is 0. The van der Waals surface area contributed by atoms with Crippen molar-refractivity contribution in [3.05, 3.63) is 99.6 Å². The summed E-state index contributed by atoms with van der Waals surface area (Å²) in [4.78, 5) is 10.6. The van der Waals surface area contributed by atoms with E-state index in [0.717, 1.165) is 28.2 Å². The Morgan fingerprint density at radius 1 is 0.692 bits per heavy atom. The number of hydrogen-bond acceptors (Lipinski definition) is 4. The quantitative estimate of drug-likeness (QED) is 0.365. The molecule has 0 aliphatic rings. The smallest absolute Gasteiger partial charge is 0.269 e. The molecule has 5 heteroatoms. The highest BCUT2D eigenvalue weighted by Gasteiger charge is 2.18. The van der Waals surface area contributed by atoms with Crippen LogP contribution < -0.4 is 9.47 Å². The van der Waals surface area contributed by atoms with E-state index in [4.69, 9.17) is 9.47 Å². The third-order valence-corrected chi connectivity index (χ3v) is 4.34. The maximum absolute atomic E-state index is 10.9. The minimum atomic E-state index is -0.389. The van der Waals surface area contributed by atoms with Crippen molar-refractivity contribution in [3.63, 3.8) is 0 Å². The summed E-state index contributed by atoms with van der Waals surface area (Å²) in [5.41, 5.74) is 3.21. The molecule has 3 aromatic rings. The van der Waals surface area contributed by atoms with Crippen molar-refractivity contribution in [1.29, 1.82) is 0 Å². The maximum Gasteiger partial charge on any atom is 0.269 e. The Balaban J connectivity index is 2.06. The molecule has 0 atom stereocenters. The van der Waals surface area contributed by atoms with Crippen LogP contribution in [-0.4, -0.2) is 19.1 Å². The molecule has 132 valence electrons. The minimum absolute atomic E-state index is 0.0485. The van der Waals surface area contributed by atoms with E-state index in [2.05, 4.69) is 0 Å². The number of ether oxygens (including phenoxy) is 2. The third-order valence-electron chi connectivity index (χ3n) is 4.34. The van der Waals surface area contributed by atoms with Gasteiger partial charge in [0, 0.05) is 18.1 Å². The van der Waals surface area contributed by atoms with Crippen LogP contribution >= 0.6 is 0 Å². The Bertz CT molecular complexity index is 824. The van der Waals surface area contributed by atoms with Gasteiger partial charge in [-0.3, -0.25) is 10.1 Å². The lowest BCUT2D eigenvalue weighted by Crippen LogP contribution is -2.04. The Hall–Kier alpha value is -3.34. The fraction of sp³-hybridized carbons (Fsp3) is 0.143. The van der Waals surface area contributed by atoms with E-state index in [1.54, 1.807) is 26.4 Å². The highest BCUT2D eigenvalue weighted by atomic mass is 16.6. The molecule has 0 N–H and O–H groups in total. The van der Waals surface area contributed by atoms with E-state index in [1.165, 1.54) is 12.1 Å². The van der Waals surface area contributed by atoms with Crippen LogP contribution in [0.4, 0.5) is 5.69 Å². The Kier molecular flexibility index (Phi) is 5.17. The van der Waals surface area contributed by atoms with Gasteiger partial charge >= 0.3 is 0 Å². The van der Waals surface area contributed by atoms with Gasteiger partial charge in [-0.1, -0.05) is 36.4 Å². The molecule has 3 aromatic carbocycles. The summed E-state index contributed by atoms with van der Waals surface area (Å²) < 4.78 is 10.5. The van der Waals surface area contributed by atoms with Crippen molar-refractivity contribution in [2.75, 3.05) is 14.2 Å². The zero-order chi connectivity index (χ0) is 18.5. The van der Waals surface area contributed by atoms with E-state index in [9.17, 15) is 10.1 Å². The molecule has 0 saturated carbocycles. The number of methoxy groups -OCH3 is 2. The molecular formula is C21H19NO4. The summed E-state index contributed by atoms with van der Waals surface area (Å²) in [6.07, 6.45) is 0. The first kappa shape index (κ1) is 17.5. The van der Waals surface area contributed by atoms with Crippen LogP contribution in [0.2, 0.25) is 0 Å². The molecule has 0 radical (unpaired) electrons. The molecule has 0 aliphatic carbocycles. The van der Waals surface area contributed by atoms with Crippen molar-refractivity contribution in [1.82, 2.24) is 0 Å². The van der Waals surface area contributed by atoms with Gasteiger partial charge in [-0.15, -0.1) is 0 Å². The lowest BCUT2D eigenvalue weighted by atomic mass is 9.85. The van der Waals surface area contributed by atoms with Crippen LogP contribution in [0.15, 0.2) is 72.8 Å². The van der Waals surface area contributed by atoms with Crippen molar-refractivity contribution < 1.29 is 14.4 Å². The van der Waals surface area contributed by atoms with Gasteiger partial charge in [0.2, 0.25) is 0 Å². The van der Waals surface area contributed by atoms with Crippen molar-refractivity contribution in [2.45, 2.75) is 5.92 Å². The summed E-state index contributed by atoms with van der Waals surface area (Å²) in [5.74, 6) is 1.52. The Morgan fingerprint density at radius 2 is 1.04 bits per heavy atom. The van der Waals surface area contributed by atoms with Gasteiger partial charge in [-0.2, -0.15) is 0 Å². The van der Waals surface area contributed by atoms with Crippen LogP contribution in [0.1, 0.15) is 22.6 Å². The monoisotopic (exact) mass is 349 g/mol. The van der Waals surface area contributed by atoms with Gasteiger partial charge in [0.05, 0.1) is 19.1 Å². The number of nitro groups is 1. The topological polar surface area (TPSA) is 61.6 Å². The standard InChI is InChI=1S/C21H19NO4/c1-25-19-11-5-16(6-12-19)21(17-7-13-20(26-2)14-8-17)15-3-9-18(10-4-15)22(23)24/h3-14,21H,1-2H3. The molecule has 0 unspecified atom stereocenters. The van der Waals surface area contributed by atoms with Gasteiger partial charge < -0.3 is 9.47 Å². The summed E-state index contributed by atoms with van der Waals surface area (Å²) in [5, 5.41) is 10.9. The number of nitrogens with zero attached hydrogens (tertiary/aromatic N) is 1. The summed E-state index contributed by atoms with van der Waals surface area (Å²) >= 11 is 0. The zero-order valence-corrected chi connectivity index (χ0v) is 14.6. The van der Waals surface area contributed by atoms with Crippen LogP contribution in [0.25, 0.3) is 0 Å². The van der Waals surface area contributed by atoms with E-state index in [0.29, 0.717) is 0 Å². The van der Waals surface area contributed by atoms with E-state index >= 15 is 0 Å². The maximum atomic E-state index is 10.9. The second-order valence-corrected chi connectivity index (χ2v) is 5.83. The molecule has 0 saturated heterocycles. The average Bonchev–Trinajstić information content (AvgIpc) is 2.69. The van der Waals surface area contributed by atoms with E-state index < -0.39 is 0 Å². The highest BCUT2D eigenvalue weighted by molar-refractivity contribution is 5.47. The first-order valence-corrected chi connectivity index (χ1v) is 8.14. The van der Waals surface area contributed by atoms with Gasteiger partial charge in [0.1, 0.15) is 11.5 Å². The van der Waals surface area contributed by atoms with Crippen molar-refractivity contribution in [3.8, 4) is 11.5 Å². The minimum Gasteiger partial charge on any atom is -0.497 e. The van der Waals surface area contributed by atoms with Crippen LogP contribution in [0, 0.1) is 10.1 Å². The normalized spacial score (nSPS) is 10.6. The summed E-state index contributed by atoms with van der Waals surface area (Å²) in [6, 6.07) is 22.4. The number of non-ortho nitro benzene ring substituents is 1. The zero-order valence-electron chi connectivity index (χ0n) is 14.6. The second-order valence-electron chi connectivity index (χ2n) is 5.83. The van der Waals surface area contributed by atoms with E-state index in [-0.39, 0.29) is 16.5 Å². The van der Waals surface area contributed by atoms with Gasteiger partial charge in [-0.25, -0.2) is 0 Å². The molecule has 0 aliphatic heterocycles. The second kappa shape index (κ2) is 7.70. The lowest BCUT2D eigenvalue weighted by molar-refractivity contribution is -0.384. The molecule has 26 heavy (non-hydrogen) atoms. The van der Waals surface area contributed by atoms with Crippen LogP contribution in [0.5, 0.6) is 11.5 Å². The SMILES string of the molecule is COc1ccc(C(c2ccc(OC)cc2)c2ccc([N+](=O)[O-])cc2)cc1. The number of rotatable bonds is 6. The summed E-state index contributed by atoms with van der Waals surface area (Å²) in [7, 11) is 3.26. The van der Waals surface area contributed by atoms with Crippen LogP contribution in [0.3, 0.4) is 0 Å². The van der Waals surface area contributed by atoms with Gasteiger partial charge in [-0.05, 0) is 41.0 Å². The predicted molar refractivity (Wildman–Crippen MR) is 100 cm³/mol. The molecule has 5 nitrogen and oxygen atoms in total. The van der Waals surface area contributed by atoms with Crippen LogP contribution in [-0.2, 0) is 0 Å². The lowest BCUT2D eigenvalue weighted by Gasteiger charge is -2.19. The fourth-order valence-electron chi connectivity index (χ4n) is 2.96. The first-order valence-electron chi connectivity index (χ1n) is 8.14. The third kappa shape index (κ3) is 3.67. The van der Waals surface area contributed by atoms with Crippen molar-refractivity contribution >= 4 is 5.69 Å². The van der Waals surface area contributed by atoms with E-state index in [1.807, 2.05) is 48.5 Å². The Morgan fingerprint density at radius 3 is 1.35 bits per heavy atom. The molecule has 3 rings (SSSR count). The van der Waals surface area contributed by atoms with Gasteiger partial charge in [0.25, 0.3) is 5.69 Å².